The van der Waals surface area contributed by atoms with Gasteiger partial charge < -0.3 is 14.7 Å². The lowest BCUT2D eigenvalue weighted by atomic mass is 10.2. The van der Waals surface area contributed by atoms with Gasteiger partial charge in [-0.2, -0.15) is 10.1 Å². The molecule has 7 nitrogen and oxygen atoms in total. The van der Waals surface area contributed by atoms with Crippen LogP contribution >= 0.6 is 0 Å². The van der Waals surface area contributed by atoms with Crippen molar-refractivity contribution in [3.63, 3.8) is 0 Å². The van der Waals surface area contributed by atoms with Crippen LogP contribution in [-0.2, 0) is 11.3 Å². The highest BCUT2D eigenvalue weighted by Gasteiger charge is 2.21. The SMILES string of the molecule is CCN(Cc1ccccc1)c1nncc(N2CCN(C(C)=O)CC2)n1. The third kappa shape index (κ3) is 4.23. The van der Waals surface area contributed by atoms with E-state index in [4.69, 9.17) is 4.98 Å². The van der Waals surface area contributed by atoms with E-state index in [1.165, 1.54) is 5.56 Å². The van der Waals surface area contributed by atoms with Crippen molar-refractivity contribution in [3.05, 3.63) is 42.1 Å². The lowest BCUT2D eigenvalue weighted by molar-refractivity contribution is -0.129. The Balaban J connectivity index is 1.71. The molecule has 25 heavy (non-hydrogen) atoms. The number of anilines is 2. The van der Waals surface area contributed by atoms with Gasteiger partial charge in [0.1, 0.15) is 0 Å². The van der Waals surface area contributed by atoms with Gasteiger partial charge in [0.2, 0.25) is 11.9 Å². The number of carbonyl (C=O) groups is 1. The number of carbonyl (C=O) groups excluding carboxylic acids is 1. The zero-order valence-corrected chi connectivity index (χ0v) is 14.8. The molecule has 0 bridgehead atoms. The van der Waals surface area contributed by atoms with Crippen LogP contribution in [0.1, 0.15) is 19.4 Å². The van der Waals surface area contributed by atoms with E-state index in [9.17, 15) is 4.79 Å². The van der Waals surface area contributed by atoms with Gasteiger partial charge in [0.25, 0.3) is 0 Å². The third-order valence-corrected chi connectivity index (χ3v) is 4.46. The fourth-order valence-corrected chi connectivity index (χ4v) is 2.95. The number of aromatic nitrogens is 3. The molecule has 2 aromatic rings. The van der Waals surface area contributed by atoms with E-state index in [2.05, 4.69) is 39.1 Å². The highest BCUT2D eigenvalue weighted by molar-refractivity contribution is 5.73. The lowest BCUT2D eigenvalue weighted by Crippen LogP contribution is -2.48. The van der Waals surface area contributed by atoms with E-state index in [-0.39, 0.29) is 5.91 Å². The molecule has 0 unspecified atom stereocenters. The van der Waals surface area contributed by atoms with E-state index in [0.29, 0.717) is 5.95 Å². The Labute approximate surface area is 148 Å². The number of benzene rings is 1. The number of hydrogen-bond donors (Lipinski definition) is 0. The zero-order chi connectivity index (χ0) is 17.6. The average Bonchev–Trinajstić information content (AvgIpc) is 2.67. The van der Waals surface area contributed by atoms with Crippen molar-refractivity contribution < 1.29 is 4.79 Å². The lowest BCUT2D eigenvalue weighted by Gasteiger charge is -2.34. The molecule has 0 atom stereocenters. The normalized spacial score (nSPS) is 14.5. The predicted octanol–water partition coefficient (Wildman–Crippen LogP) is 1.57. The van der Waals surface area contributed by atoms with Crippen LogP contribution in [0.25, 0.3) is 0 Å². The highest BCUT2D eigenvalue weighted by atomic mass is 16.2. The van der Waals surface area contributed by atoms with Gasteiger partial charge in [-0.15, -0.1) is 5.10 Å². The van der Waals surface area contributed by atoms with Crippen molar-refractivity contribution in [2.24, 2.45) is 0 Å². The molecule has 132 valence electrons. The van der Waals surface area contributed by atoms with Crippen molar-refractivity contribution in [3.8, 4) is 0 Å². The third-order valence-electron chi connectivity index (χ3n) is 4.46. The molecule has 0 spiro atoms. The Bertz CT molecular complexity index is 700. The van der Waals surface area contributed by atoms with Crippen LogP contribution in [0.15, 0.2) is 36.5 Å². The van der Waals surface area contributed by atoms with Gasteiger partial charge in [0.15, 0.2) is 5.82 Å². The van der Waals surface area contributed by atoms with Gasteiger partial charge >= 0.3 is 0 Å². The largest absolute Gasteiger partial charge is 0.352 e. The topological polar surface area (TPSA) is 65.5 Å². The van der Waals surface area contributed by atoms with Crippen molar-refractivity contribution in [2.45, 2.75) is 20.4 Å². The van der Waals surface area contributed by atoms with Gasteiger partial charge in [-0.1, -0.05) is 30.3 Å². The molecular formula is C18H24N6O. The second kappa shape index (κ2) is 7.92. The Kier molecular flexibility index (Phi) is 5.42. The van der Waals surface area contributed by atoms with Crippen LogP contribution < -0.4 is 9.80 Å². The number of hydrogen-bond acceptors (Lipinski definition) is 6. The smallest absolute Gasteiger partial charge is 0.247 e. The summed E-state index contributed by atoms with van der Waals surface area (Å²) < 4.78 is 0. The Hall–Kier alpha value is -2.70. The quantitative estimate of drug-likeness (QED) is 0.823. The molecule has 1 aromatic heterocycles. The summed E-state index contributed by atoms with van der Waals surface area (Å²) in [5, 5.41) is 8.37. The summed E-state index contributed by atoms with van der Waals surface area (Å²) in [5.74, 6) is 1.58. The van der Waals surface area contributed by atoms with E-state index in [1.807, 2.05) is 23.1 Å². The van der Waals surface area contributed by atoms with E-state index in [1.54, 1.807) is 13.1 Å². The average molecular weight is 340 g/mol. The molecule has 2 heterocycles. The van der Waals surface area contributed by atoms with Gasteiger partial charge in [0.05, 0.1) is 6.20 Å². The maximum absolute atomic E-state index is 11.5. The van der Waals surface area contributed by atoms with Crippen molar-refractivity contribution in [2.75, 3.05) is 42.5 Å². The first kappa shape index (κ1) is 17.1. The summed E-state index contributed by atoms with van der Waals surface area (Å²) in [4.78, 5) is 22.3. The molecule has 0 aliphatic carbocycles. The monoisotopic (exact) mass is 340 g/mol. The Morgan fingerprint density at radius 2 is 1.88 bits per heavy atom. The van der Waals surface area contributed by atoms with Gasteiger partial charge in [-0.25, -0.2) is 0 Å². The Morgan fingerprint density at radius 1 is 1.16 bits per heavy atom. The number of rotatable bonds is 5. The second-order valence-corrected chi connectivity index (χ2v) is 6.11. The molecule has 3 rings (SSSR count). The summed E-state index contributed by atoms with van der Waals surface area (Å²) >= 11 is 0. The summed E-state index contributed by atoms with van der Waals surface area (Å²) in [7, 11) is 0. The minimum Gasteiger partial charge on any atom is -0.352 e. The molecule has 1 fully saturated rings. The highest BCUT2D eigenvalue weighted by Crippen LogP contribution is 2.17. The molecule has 0 radical (unpaired) electrons. The van der Waals surface area contributed by atoms with Crippen molar-refractivity contribution >= 4 is 17.7 Å². The van der Waals surface area contributed by atoms with E-state index >= 15 is 0 Å². The van der Waals surface area contributed by atoms with Crippen molar-refractivity contribution in [1.82, 2.24) is 20.1 Å². The predicted molar refractivity (Wildman–Crippen MR) is 97.5 cm³/mol. The van der Waals surface area contributed by atoms with Crippen LogP contribution in [-0.4, -0.2) is 58.7 Å². The Morgan fingerprint density at radius 3 is 2.52 bits per heavy atom. The van der Waals surface area contributed by atoms with Gasteiger partial charge in [0, 0.05) is 46.2 Å². The standard InChI is InChI=1S/C18H24N6O/c1-3-22(14-16-7-5-4-6-8-16)18-20-17(13-19-21-18)24-11-9-23(10-12-24)15(2)25/h4-8,13H,3,9-12,14H2,1-2H3. The zero-order valence-electron chi connectivity index (χ0n) is 14.8. The van der Waals surface area contributed by atoms with Gasteiger partial charge in [-0.05, 0) is 12.5 Å². The number of nitrogens with zero attached hydrogens (tertiary/aromatic N) is 6. The molecule has 1 saturated heterocycles. The molecule has 0 saturated carbocycles. The minimum absolute atomic E-state index is 0.126. The summed E-state index contributed by atoms with van der Waals surface area (Å²) in [6, 6.07) is 10.3. The first-order valence-corrected chi connectivity index (χ1v) is 8.66. The van der Waals surface area contributed by atoms with Crippen LogP contribution in [0.2, 0.25) is 0 Å². The molecule has 7 heteroatoms. The van der Waals surface area contributed by atoms with Crippen molar-refractivity contribution in [1.29, 1.82) is 0 Å². The molecular weight excluding hydrogens is 316 g/mol. The number of amides is 1. The number of piperazine rings is 1. The fraction of sp³-hybridized carbons (Fsp3) is 0.444. The first-order chi connectivity index (χ1) is 12.2. The van der Waals surface area contributed by atoms with E-state index in [0.717, 1.165) is 45.1 Å². The summed E-state index contributed by atoms with van der Waals surface area (Å²) in [6.07, 6.45) is 1.70. The molecule has 1 aromatic carbocycles. The van der Waals surface area contributed by atoms with Crippen LogP contribution in [0, 0.1) is 0 Å². The fourth-order valence-electron chi connectivity index (χ4n) is 2.95. The maximum atomic E-state index is 11.5. The maximum Gasteiger partial charge on any atom is 0.247 e. The molecule has 1 aliphatic heterocycles. The molecule has 0 N–H and O–H groups in total. The second-order valence-electron chi connectivity index (χ2n) is 6.11. The van der Waals surface area contributed by atoms with Crippen LogP contribution in [0.5, 0.6) is 0 Å². The summed E-state index contributed by atoms with van der Waals surface area (Å²) in [5.41, 5.74) is 1.22. The van der Waals surface area contributed by atoms with Crippen LogP contribution in [0.4, 0.5) is 11.8 Å². The van der Waals surface area contributed by atoms with Gasteiger partial charge in [-0.3, -0.25) is 4.79 Å². The first-order valence-electron chi connectivity index (χ1n) is 8.66. The van der Waals surface area contributed by atoms with E-state index < -0.39 is 0 Å². The molecule has 1 aliphatic rings. The van der Waals surface area contributed by atoms with Crippen LogP contribution in [0.3, 0.4) is 0 Å². The molecule has 1 amide bonds. The summed E-state index contributed by atoms with van der Waals surface area (Å²) in [6.45, 7) is 8.23. The minimum atomic E-state index is 0.126.